The molecule has 0 fully saturated rings. The van der Waals surface area contributed by atoms with Gasteiger partial charge in [0.05, 0.1) is 0 Å². The van der Waals surface area contributed by atoms with Crippen LogP contribution in [-0.2, 0) is 4.79 Å². The first-order chi connectivity index (χ1) is 16.1. The van der Waals surface area contributed by atoms with Gasteiger partial charge < -0.3 is 10.6 Å². The zero-order valence-electron chi connectivity index (χ0n) is 23.1. The molecule has 33 heavy (non-hydrogen) atoms. The van der Waals surface area contributed by atoms with Gasteiger partial charge in [0.25, 0.3) is 0 Å². The Morgan fingerprint density at radius 2 is 1.18 bits per heavy atom. The van der Waals surface area contributed by atoms with Gasteiger partial charge in [-0.05, 0) is 44.9 Å². The maximum atomic E-state index is 11.4. The summed E-state index contributed by atoms with van der Waals surface area (Å²) >= 11 is 0. The Morgan fingerprint density at radius 3 is 1.76 bits per heavy atom. The number of allylic oxidation sites excluding steroid dienone is 2. The van der Waals surface area contributed by atoms with E-state index in [9.17, 15) is 4.79 Å². The highest BCUT2D eigenvalue weighted by Gasteiger charge is 2.02. The molecule has 0 bridgehead atoms. The number of unbranched alkanes of at least 4 members (excludes halogenated alkanes) is 13. The van der Waals surface area contributed by atoms with Gasteiger partial charge in [-0.25, -0.2) is 0 Å². The third-order valence-electron chi connectivity index (χ3n) is 6.72. The summed E-state index contributed by atoms with van der Waals surface area (Å²) in [7, 11) is 0. The number of amides is 1. The van der Waals surface area contributed by atoms with Crippen molar-refractivity contribution in [1.82, 2.24) is 10.6 Å². The van der Waals surface area contributed by atoms with Crippen LogP contribution >= 0.6 is 0 Å². The number of rotatable bonds is 25. The predicted molar refractivity (Wildman–Crippen MR) is 148 cm³/mol. The lowest BCUT2D eigenvalue weighted by Gasteiger charge is -2.11. The van der Waals surface area contributed by atoms with Crippen LogP contribution < -0.4 is 10.6 Å². The van der Waals surface area contributed by atoms with Crippen LogP contribution in [0.25, 0.3) is 0 Å². The fourth-order valence-corrected chi connectivity index (χ4v) is 4.39. The SMILES string of the molecule is CCCCCCCCCCCCN/C(C)=C/CCC(C)CCCCCCCNC(=O)CCC. The zero-order chi connectivity index (χ0) is 24.4. The molecule has 0 spiro atoms. The standard InChI is InChI=1S/C30H60N2O/c1-5-7-8-9-10-11-12-13-16-19-26-31-29(4)25-21-24-28(3)23-18-15-14-17-20-27-32-30(33)22-6-2/h25,28,31H,5-24,26-27H2,1-4H3,(H,32,33)/b29-25+. The van der Waals surface area contributed by atoms with Crippen LogP contribution in [0.5, 0.6) is 0 Å². The molecule has 3 nitrogen and oxygen atoms in total. The molecule has 3 heteroatoms. The molecule has 1 unspecified atom stereocenters. The minimum absolute atomic E-state index is 0.213. The smallest absolute Gasteiger partial charge is 0.219 e. The summed E-state index contributed by atoms with van der Waals surface area (Å²) in [6.45, 7) is 11.0. The third kappa shape index (κ3) is 25.5. The molecule has 0 saturated carbocycles. The van der Waals surface area contributed by atoms with Crippen molar-refractivity contribution < 1.29 is 4.79 Å². The maximum Gasteiger partial charge on any atom is 0.219 e. The summed E-state index contributed by atoms with van der Waals surface area (Å²) in [5.41, 5.74) is 1.36. The molecule has 1 amide bonds. The largest absolute Gasteiger partial charge is 0.389 e. The average molecular weight is 465 g/mol. The van der Waals surface area contributed by atoms with Crippen LogP contribution in [0.15, 0.2) is 11.8 Å². The molecule has 2 N–H and O–H groups in total. The quantitative estimate of drug-likeness (QED) is 0.132. The summed E-state index contributed by atoms with van der Waals surface area (Å²) in [6, 6.07) is 0. The summed E-state index contributed by atoms with van der Waals surface area (Å²) in [4.78, 5) is 11.4. The maximum absolute atomic E-state index is 11.4. The van der Waals surface area contributed by atoms with E-state index >= 15 is 0 Å². The molecular weight excluding hydrogens is 404 g/mol. The molecule has 0 aliphatic rings. The minimum Gasteiger partial charge on any atom is -0.389 e. The van der Waals surface area contributed by atoms with Gasteiger partial charge in [-0.15, -0.1) is 0 Å². The fourth-order valence-electron chi connectivity index (χ4n) is 4.39. The Morgan fingerprint density at radius 1 is 0.667 bits per heavy atom. The van der Waals surface area contributed by atoms with E-state index in [0.29, 0.717) is 6.42 Å². The van der Waals surface area contributed by atoms with Gasteiger partial charge >= 0.3 is 0 Å². The summed E-state index contributed by atoms with van der Waals surface area (Å²) in [6.07, 6.45) is 28.3. The fraction of sp³-hybridized carbons (Fsp3) is 0.900. The van der Waals surface area contributed by atoms with E-state index in [0.717, 1.165) is 31.8 Å². The van der Waals surface area contributed by atoms with E-state index in [4.69, 9.17) is 0 Å². The van der Waals surface area contributed by atoms with Gasteiger partial charge in [0.2, 0.25) is 5.91 Å². The molecule has 1 atom stereocenters. The Labute approximate surface area is 208 Å². The Bertz CT molecular complexity index is 447. The van der Waals surface area contributed by atoms with Gasteiger partial charge in [-0.3, -0.25) is 4.79 Å². The summed E-state index contributed by atoms with van der Waals surface area (Å²) < 4.78 is 0. The molecule has 0 saturated heterocycles. The second kappa shape index (κ2) is 25.6. The van der Waals surface area contributed by atoms with E-state index < -0.39 is 0 Å². The van der Waals surface area contributed by atoms with E-state index in [-0.39, 0.29) is 5.91 Å². The first kappa shape index (κ1) is 32.0. The number of hydrogen-bond acceptors (Lipinski definition) is 2. The Balaban J connectivity index is 3.42. The Kier molecular flexibility index (Phi) is 24.9. The highest BCUT2D eigenvalue weighted by molar-refractivity contribution is 5.75. The predicted octanol–water partition coefficient (Wildman–Crippen LogP) is 9.07. The molecule has 0 rings (SSSR count). The van der Waals surface area contributed by atoms with Crippen molar-refractivity contribution in [1.29, 1.82) is 0 Å². The summed E-state index contributed by atoms with van der Waals surface area (Å²) in [5.74, 6) is 1.04. The molecule has 0 aliphatic heterocycles. The number of nitrogens with one attached hydrogen (secondary N) is 2. The van der Waals surface area contributed by atoms with Crippen LogP contribution in [0.4, 0.5) is 0 Å². The molecule has 0 heterocycles. The lowest BCUT2D eigenvalue weighted by atomic mass is 9.97. The highest BCUT2D eigenvalue weighted by Crippen LogP contribution is 2.16. The number of carbonyl (C=O) groups excluding carboxylic acids is 1. The molecule has 196 valence electrons. The van der Waals surface area contributed by atoms with Gasteiger partial charge in [0, 0.05) is 25.2 Å². The van der Waals surface area contributed by atoms with Crippen molar-refractivity contribution in [3.8, 4) is 0 Å². The topological polar surface area (TPSA) is 41.1 Å². The van der Waals surface area contributed by atoms with Crippen LogP contribution in [0.2, 0.25) is 0 Å². The molecular formula is C30H60N2O. The normalized spacial score (nSPS) is 12.7. The van der Waals surface area contributed by atoms with Gasteiger partial charge in [-0.2, -0.15) is 0 Å². The zero-order valence-corrected chi connectivity index (χ0v) is 23.1. The lowest BCUT2D eigenvalue weighted by Crippen LogP contribution is -2.23. The first-order valence-electron chi connectivity index (χ1n) is 14.8. The Hall–Kier alpha value is -0.990. The monoisotopic (exact) mass is 464 g/mol. The van der Waals surface area contributed by atoms with Gasteiger partial charge in [0.1, 0.15) is 0 Å². The van der Waals surface area contributed by atoms with Crippen LogP contribution in [-0.4, -0.2) is 19.0 Å². The van der Waals surface area contributed by atoms with Gasteiger partial charge in [-0.1, -0.05) is 117 Å². The first-order valence-corrected chi connectivity index (χ1v) is 14.8. The van der Waals surface area contributed by atoms with Crippen LogP contribution in [0.1, 0.15) is 156 Å². The molecule has 0 aromatic carbocycles. The molecule has 0 aliphatic carbocycles. The van der Waals surface area contributed by atoms with E-state index in [1.807, 2.05) is 0 Å². The molecule has 0 radical (unpaired) electrons. The van der Waals surface area contributed by atoms with Crippen molar-refractivity contribution in [2.24, 2.45) is 5.92 Å². The van der Waals surface area contributed by atoms with Crippen LogP contribution in [0, 0.1) is 5.92 Å². The van der Waals surface area contributed by atoms with Crippen molar-refractivity contribution in [2.45, 2.75) is 156 Å². The van der Waals surface area contributed by atoms with Crippen molar-refractivity contribution >= 4 is 5.91 Å². The number of hydrogen-bond donors (Lipinski definition) is 2. The number of carbonyl (C=O) groups is 1. The van der Waals surface area contributed by atoms with E-state index in [2.05, 4.69) is 44.4 Å². The second-order valence-corrected chi connectivity index (χ2v) is 10.3. The lowest BCUT2D eigenvalue weighted by molar-refractivity contribution is -0.121. The average Bonchev–Trinajstić information content (AvgIpc) is 2.79. The third-order valence-corrected chi connectivity index (χ3v) is 6.72. The molecule has 0 aromatic rings. The van der Waals surface area contributed by atoms with E-state index in [1.54, 1.807) is 0 Å². The van der Waals surface area contributed by atoms with Crippen LogP contribution in [0.3, 0.4) is 0 Å². The molecule has 0 aromatic heterocycles. The van der Waals surface area contributed by atoms with Gasteiger partial charge in [0.15, 0.2) is 0 Å². The minimum atomic E-state index is 0.213. The van der Waals surface area contributed by atoms with Crippen molar-refractivity contribution in [3.63, 3.8) is 0 Å². The van der Waals surface area contributed by atoms with Crippen molar-refractivity contribution in [3.05, 3.63) is 11.8 Å². The van der Waals surface area contributed by atoms with Crippen molar-refractivity contribution in [2.75, 3.05) is 13.1 Å². The summed E-state index contributed by atoms with van der Waals surface area (Å²) in [5, 5.41) is 6.62. The highest BCUT2D eigenvalue weighted by atomic mass is 16.1. The second-order valence-electron chi connectivity index (χ2n) is 10.3. The van der Waals surface area contributed by atoms with E-state index in [1.165, 1.54) is 115 Å².